The zero-order valence-corrected chi connectivity index (χ0v) is 16.3. The molecule has 7 heteroatoms. The lowest BCUT2D eigenvalue weighted by Crippen LogP contribution is -2.49. The van der Waals surface area contributed by atoms with Gasteiger partial charge in [0.1, 0.15) is 5.82 Å². The highest BCUT2D eigenvalue weighted by atomic mass is 16.2. The standard InChI is InChI=1S/C19H32N6O/c1-4-5-12-23(3)19(20-2)22-11-9-18(26)25-15-13-24(14-16-25)17-8-6-7-10-21-17/h6-8,10H,4-5,9,11-16H2,1-3H3,(H,20,22). The van der Waals surface area contributed by atoms with Crippen LogP contribution < -0.4 is 10.2 Å². The molecule has 1 amide bonds. The number of pyridine rings is 1. The van der Waals surface area contributed by atoms with Crippen LogP contribution in [0.4, 0.5) is 5.82 Å². The lowest BCUT2D eigenvalue weighted by atomic mass is 10.2. The maximum atomic E-state index is 12.5. The van der Waals surface area contributed by atoms with Gasteiger partial charge in [0.15, 0.2) is 5.96 Å². The molecule has 0 radical (unpaired) electrons. The number of guanidine groups is 1. The molecule has 0 spiro atoms. The zero-order valence-electron chi connectivity index (χ0n) is 16.3. The summed E-state index contributed by atoms with van der Waals surface area (Å²) in [5, 5.41) is 3.29. The molecule has 7 nitrogen and oxygen atoms in total. The van der Waals surface area contributed by atoms with E-state index in [1.807, 2.05) is 36.3 Å². The maximum Gasteiger partial charge on any atom is 0.224 e. The van der Waals surface area contributed by atoms with Gasteiger partial charge in [-0.05, 0) is 18.6 Å². The first kappa shape index (κ1) is 20.0. The van der Waals surface area contributed by atoms with E-state index in [1.165, 1.54) is 0 Å². The average molecular weight is 361 g/mol. The Kier molecular flexibility index (Phi) is 8.18. The Bertz CT molecular complexity index is 569. The molecule has 0 aromatic carbocycles. The molecule has 0 aliphatic carbocycles. The molecule has 1 aromatic heterocycles. The summed E-state index contributed by atoms with van der Waals surface area (Å²) in [4.78, 5) is 27.4. The quantitative estimate of drug-likeness (QED) is 0.589. The number of rotatable bonds is 7. The van der Waals surface area contributed by atoms with Crippen molar-refractivity contribution >= 4 is 17.7 Å². The molecule has 1 fully saturated rings. The topological polar surface area (TPSA) is 64.1 Å². The van der Waals surface area contributed by atoms with Gasteiger partial charge in [-0.3, -0.25) is 9.79 Å². The highest BCUT2D eigenvalue weighted by Crippen LogP contribution is 2.12. The second-order valence-electron chi connectivity index (χ2n) is 6.55. The number of carbonyl (C=O) groups is 1. The summed E-state index contributed by atoms with van der Waals surface area (Å²) >= 11 is 0. The van der Waals surface area contributed by atoms with Gasteiger partial charge in [0, 0.05) is 66.0 Å². The van der Waals surface area contributed by atoms with Crippen molar-refractivity contribution in [2.75, 3.05) is 58.3 Å². The van der Waals surface area contributed by atoms with Crippen LogP contribution >= 0.6 is 0 Å². The first-order chi connectivity index (χ1) is 12.7. The number of amides is 1. The highest BCUT2D eigenvalue weighted by Gasteiger charge is 2.21. The van der Waals surface area contributed by atoms with Crippen molar-refractivity contribution in [2.24, 2.45) is 4.99 Å². The van der Waals surface area contributed by atoms with Crippen molar-refractivity contribution in [2.45, 2.75) is 26.2 Å². The lowest BCUT2D eigenvalue weighted by molar-refractivity contribution is -0.131. The number of aliphatic imine (C=N–C) groups is 1. The van der Waals surface area contributed by atoms with E-state index < -0.39 is 0 Å². The Balaban J connectivity index is 1.70. The van der Waals surface area contributed by atoms with Crippen molar-refractivity contribution in [3.63, 3.8) is 0 Å². The Morgan fingerprint density at radius 2 is 2.08 bits per heavy atom. The van der Waals surface area contributed by atoms with Crippen LogP contribution in [0.3, 0.4) is 0 Å². The molecule has 1 N–H and O–H groups in total. The zero-order chi connectivity index (χ0) is 18.8. The summed E-state index contributed by atoms with van der Waals surface area (Å²) in [6.45, 7) is 6.93. The number of hydrogen-bond donors (Lipinski definition) is 1. The van der Waals surface area contributed by atoms with E-state index in [1.54, 1.807) is 7.05 Å². The van der Waals surface area contributed by atoms with Crippen LogP contribution in [0.2, 0.25) is 0 Å². The van der Waals surface area contributed by atoms with E-state index in [2.05, 4.69) is 32.0 Å². The van der Waals surface area contributed by atoms with Gasteiger partial charge in [0.05, 0.1) is 0 Å². The third-order valence-electron chi connectivity index (χ3n) is 4.65. The molecule has 2 rings (SSSR count). The van der Waals surface area contributed by atoms with Gasteiger partial charge in [-0.15, -0.1) is 0 Å². The van der Waals surface area contributed by atoms with E-state index in [0.29, 0.717) is 13.0 Å². The molecular formula is C19H32N6O. The van der Waals surface area contributed by atoms with E-state index in [0.717, 1.165) is 57.3 Å². The smallest absolute Gasteiger partial charge is 0.224 e. The lowest BCUT2D eigenvalue weighted by Gasteiger charge is -2.35. The van der Waals surface area contributed by atoms with Gasteiger partial charge in [0.2, 0.25) is 5.91 Å². The molecule has 1 saturated heterocycles. The van der Waals surface area contributed by atoms with Gasteiger partial charge in [-0.2, -0.15) is 0 Å². The van der Waals surface area contributed by atoms with E-state index in [-0.39, 0.29) is 5.91 Å². The van der Waals surface area contributed by atoms with Gasteiger partial charge in [0.25, 0.3) is 0 Å². The van der Waals surface area contributed by atoms with E-state index in [9.17, 15) is 4.79 Å². The highest BCUT2D eigenvalue weighted by molar-refractivity contribution is 5.81. The van der Waals surface area contributed by atoms with Crippen LogP contribution in [0.5, 0.6) is 0 Å². The third-order valence-corrected chi connectivity index (χ3v) is 4.65. The van der Waals surface area contributed by atoms with Crippen LogP contribution in [-0.4, -0.2) is 80.0 Å². The fourth-order valence-electron chi connectivity index (χ4n) is 3.05. The van der Waals surface area contributed by atoms with Gasteiger partial charge < -0.3 is 20.0 Å². The largest absolute Gasteiger partial charge is 0.356 e. The molecule has 0 bridgehead atoms. The van der Waals surface area contributed by atoms with Crippen molar-refractivity contribution in [3.8, 4) is 0 Å². The Morgan fingerprint density at radius 3 is 2.69 bits per heavy atom. The summed E-state index contributed by atoms with van der Waals surface area (Å²) in [6, 6.07) is 5.93. The van der Waals surface area contributed by atoms with Gasteiger partial charge in [-0.1, -0.05) is 19.4 Å². The predicted molar refractivity (Wildman–Crippen MR) is 107 cm³/mol. The summed E-state index contributed by atoms with van der Waals surface area (Å²) in [5.74, 6) is 2.04. The first-order valence-corrected chi connectivity index (χ1v) is 9.51. The second-order valence-corrected chi connectivity index (χ2v) is 6.55. The Morgan fingerprint density at radius 1 is 1.31 bits per heavy atom. The average Bonchev–Trinajstić information content (AvgIpc) is 2.70. The van der Waals surface area contributed by atoms with Crippen LogP contribution in [0.25, 0.3) is 0 Å². The Hall–Kier alpha value is -2.31. The van der Waals surface area contributed by atoms with Crippen molar-refractivity contribution < 1.29 is 4.79 Å². The molecule has 1 aliphatic rings. The molecule has 0 atom stereocenters. The molecular weight excluding hydrogens is 328 g/mol. The normalized spacial score (nSPS) is 15.1. The van der Waals surface area contributed by atoms with Crippen molar-refractivity contribution in [3.05, 3.63) is 24.4 Å². The summed E-state index contributed by atoms with van der Waals surface area (Å²) in [7, 11) is 3.81. The fourth-order valence-corrected chi connectivity index (χ4v) is 3.05. The number of unbranched alkanes of at least 4 members (excludes halogenated alkanes) is 1. The van der Waals surface area contributed by atoms with Crippen molar-refractivity contribution in [1.29, 1.82) is 0 Å². The summed E-state index contributed by atoms with van der Waals surface area (Å²) in [6.07, 6.45) is 4.59. The van der Waals surface area contributed by atoms with Gasteiger partial charge >= 0.3 is 0 Å². The molecule has 0 saturated carbocycles. The number of carbonyl (C=O) groups excluding carboxylic acids is 1. The van der Waals surface area contributed by atoms with Crippen LogP contribution in [0.1, 0.15) is 26.2 Å². The first-order valence-electron chi connectivity index (χ1n) is 9.51. The van der Waals surface area contributed by atoms with Crippen LogP contribution in [0, 0.1) is 0 Å². The number of hydrogen-bond acceptors (Lipinski definition) is 4. The van der Waals surface area contributed by atoms with Gasteiger partial charge in [-0.25, -0.2) is 4.98 Å². The minimum atomic E-state index is 0.199. The Labute approximate surface area is 157 Å². The third kappa shape index (κ3) is 5.89. The number of aromatic nitrogens is 1. The molecule has 26 heavy (non-hydrogen) atoms. The molecule has 2 heterocycles. The van der Waals surface area contributed by atoms with E-state index in [4.69, 9.17) is 0 Å². The number of nitrogens with zero attached hydrogens (tertiary/aromatic N) is 5. The minimum absolute atomic E-state index is 0.199. The van der Waals surface area contributed by atoms with Crippen LogP contribution in [0.15, 0.2) is 29.4 Å². The monoisotopic (exact) mass is 360 g/mol. The van der Waals surface area contributed by atoms with E-state index >= 15 is 0 Å². The number of piperazine rings is 1. The fraction of sp³-hybridized carbons (Fsp3) is 0.632. The van der Waals surface area contributed by atoms with Crippen molar-refractivity contribution in [1.82, 2.24) is 20.1 Å². The molecule has 0 unspecified atom stereocenters. The minimum Gasteiger partial charge on any atom is -0.356 e. The van der Waals surface area contributed by atoms with Crippen LogP contribution in [-0.2, 0) is 4.79 Å². The summed E-state index contributed by atoms with van der Waals surface area (Å²) in [5.41, 5.74) is 0. The molecule has 1 aliphatic heterocycles. The number of nitrogens with one attached hydrogen (secondary N) is 1. The summed E-state index contributed by atoms with van der Waals surface area (Å²) < 4.78 is 0. The SMILES string of the molecule is CCCCN(C)C(=NC)NCCC(=O)N1CCN(c2ccccn2)CC1. The predicted octanol–water partition coefficient (Wildman–Crippen LogP) is 1.43. The maximum absolute atomic E-state index is 12.5. The molecule has 1 aromatic rings. The molecule has 144 valence electrons. The second kappa shape index (κ2) is 10.6. The number of anilines is 1.